The van der Waals surface area contributed by atoms with Crippen molar-refractivity contribution in [3.63, 3.8) is 0 Å². The predicted molar refractivity (Wildman–Crippen MR) is 86.8 cm³/mol. The van der Waals surface area contributed by atoms with Crippen molar-refractivity contribution in [2.45, 2.75) is 52.0 Å². The summed E-state index contributed by atoms with van der Waals surface area (Å²) in [4.78, 5) is 6.45. The van der Waals surface area contributed by atoms with E-state index in [-0.39, 0.29) is 6.04 Å². The van der Waals surface area contributed by atoms with Crippen molar-refractivity contribution in [1.82, 2.24) is 20.1 Å². The highest BCUT2D eigenvalue weighted by atomic mass is 32.1. The summed E-state index contributed by atoms with van der Waals surface area (Å²) in [5, 5.41) is 9.38. The summed E-state index contributed by atoms with van der Waals surface area (Å²) in [7, 11) is 1.99. The van der Waals surface area contributed by atoms with Crippen molar-refractivity contribution in [3.05, 3.63) is 33.0 Å². The molecule has 0 saturated carbocycles. The fourth-order valence-corrected chi connectivity index (χ4v) is 4.26. The van der Waals surface area contributed by atoms with Crippen molar-refractivity contribution in [1.29, 1.82) is 0 Å². The minimum absolute atomic E-state index is 0.189. The molecular formula is C16H24N4S. The van der Waals surface area contributed by atoms with Crippen LogP contribution in [0.4, 0.5) is 0 Å². The van der Waals surface area contributed by atoms with Crippen molar-refractivity contribution in [2.75, 3.05) is 6.54 Å². The minimum atomic E-state index is 0.189. The topological polar surface area (TPSA) is 42.7 Å². The van der Waals surface area contributed by atoms with E-state index in [0.29, 0.717) is 0 Å². The number of thiazole rings is 1. The molecule has 1 aliphatic carbocycles. The average molecular weight is 304 g/mol. The second-order valence-corrected chi connectivity index (χ2v) is 6.97. The van der Waals surface area contributed by atoms with E-state index in [9.17, 15) is 0 Å². The average Bonchev–Trinajstić information content (AvgIpc) is 3.03. The molecule has 5 heteroatoms. The number of hydrogen-bond acceptors (Lipinski definition) is 4. The molecule has 0 spiro atoms. The summed E-state index contributed by atoms with van der Waals surface area (Å²) in [6.45, 7) is 5.29. The number of hydrogen-bond donors (Lipinski definition) is 1. The van der Waals surface area contributed by atoms with Crippen LogP contribution in [-0.2, 0) is 19.9 Å². The third kappa shape index (κ3) is 3.04. The van der Waals surface area contributed by atoms with Gasteiger partial charge >= 0.3 is 0 Å². The lowest BCUT2D eigenvalue weighted by Gasteiger charge is -2.15. The summed E-state index contributed by atoms with van der Waals surface area (Å²) in [5.41, 5.74) is 3.70. The molecule has 1 unspecified atom stereocenters. The molecule has 0 saturated heterocycles. The quantitative estimate of drug-likeness (QED) is 0.922. The highest BCUT2D eigenvalue weighted by Crippen LogP contribution is 2.33. The van der Waals surface area contributed by atoms with Crippen LogP contribution in [0.5, 0.6) is 0 Å². The zero-order chi connectivity index (χ0) is 14.8. The van der Waals surface area contributed by atoms with Crippen LogP contribution >= 0.6 is 11.3 Å². The van der Waals surface area contributed by atoms with Gasteiger partial charge in [-0.15, -0.1) is 11.3 Å². The summed E-state index contributed by atoms with van der Waals surface area (Å²) < 4.78 is 1.90. The summed E-state index contributed by atoms with van der Waals surface area (Å²) in [6.07, 6.45) is 8.21. The number of aromatic nitrogens is 3. The first kappa shape index (κ1) is 14.7. The number of fused-ring (bicyclic) bond motifs is 1. The number of aryl methyl sites for hydroxylation is 4. The lowest BCUT2D eigenvalue weighted by molar-refractivity contribution is 0.590. The van der Waals surface area contributed by atoms with Gasteiger partial charge in [0.2, 0.25) is 0 Å². The van der Waals surface area contributed by atoms with Crippen LogP contribution in [-0.4, -0.2) is 21.3 Å². The van der Waals surface area contributed by atoms with Crippen molar-refractivity contribution in [2.24, 2.45) is 7.05 Å². The molecule has 0 bridgehead atoms. The fourth-order valence-electron chi connectivity index (χ4n) is 3.02. The Balaban J connectivity index is 1.95. The Morgan fingerprint density at radius 1 is 1.38 bits per heavy atom. The molecule has 0 radical (unpaired) electrons. The van der Waals surface area contributed by atoms with Crippen molar-refractivity contribution in [3.8, 4) is 0 Å². The lowest BCUT2D eigenvalue weighted by atomic mass is 10.0. The zero-order valence-corrected chi connectivity index (χ0v) is 14.0. The summed E-state index contributed by atoms with van der Waals surface area (Å²) in [5.74, 6) is 0. The monoisotopic (exact) mass is 304 g/mol. The second kappa shape index (κ2) is 6.28. The normalized spacial score (nSPS) is 16.0. The van der Waals surface area contributed by atoms with Gasteiger partial charge in [0, 0.05) is 23.7 Å². The third-order valence-corrected chi connectivity index (χ3v) is 5.29. The molecule has 3 rings (SSSR count). The lowest BCUT2D eigenvalue weighted by Crippen LogP contribution is -2.23. The van der Waals surface area contributed by atoms with E-state index in [4.69, 9.17) is 4.98 Å². The van der Waals surface area contributed by atoms with Gasteiger partial charge in [-0.3, -0.25) is 4.68 Å². The first-order chi connectivity index (χ1) is 10.2. The highest BCUT2D eigenvalue weighted by Gasteiger charge is 2.24. The molecule has 1 atom stereocenters. The maximum atomic E-state index is 4.95. The van der Waals surface area contributed by atoms with Gasteiger partial charge in [0.05, 0.1) is 17.4 Å². The molecule has 4 nitrogen and oxygen atoms in total. The van der Waals surface area contributed by atoms with Crippen LogP contribution in [0.3, 0.4) is 0 Å². The molecule has 0 amide bonds. The van der Waals surface area contributed by atoms with Crippen molar-refractivity contribution >= 4 is 11.3 Å². The van der Waals surface area contributed by atoms with Crippen LogP contribution in [0.15, 0.2) is 6.20 Å². The maximum absolute atomic E-state index is 4.95. The van der Waals surface area contributed by atoms with Crippen LogP contribution in [0, 0.1) is 6.92 Å². The van der Waals surface area contributed by atoms with E-state index in [2.05, 4.69) is 30.5 Å². The van der Waals surface area contributed by atoms with Crippen LogP contribution in [0.25, 0.3) is 0 Å². The van der Waals surface area contributed by atoms with Crippen LogP contribution < -0.4 is 5.32 Å². The summed E-state index contributed by atoms with van der Waals surface area (Å²) in [6, 6.07) is 0.189. The molecule has 0 aromatic carbocycles. The highest BCUT2D eigenvalue weighted by molar-refractivity contribution is 7.11. The van der Waals surface area contributed by atoms with E-state index in [1.165, 1.54) is 40.4 Å². The molecule has 2 aromatic rings. The molecular weight excluding hydrogens is 280 g/mol. The Morgan fingerprint density at radius 2 is 2.19 bits per heavy atom. The molecule has 114 valence electrons. The van der Waals surface area contributed by atoms with Crippen LogP contribution in [0.1, 0.15) is 59.1 Å². The molecule has 1 N–H and O–H groups in total. The molecule has 0 aliphatic heterocycles. The second-order valence-electron chi connectivity index (χ2n) is 5.86. The molecule has 0 fully saturated rings. The zero-order valence-electron chi connectivity index (χ0n) is 13.1. The molecule has 2 heterocycles. The SMILES string of the molecule is CCCNC(c1nc2c(s1)CCCC2)c1cn(C)nc1C. The largest absolute Gasteiger partial charge is 0.304 e. The minimum Gasteiger partial charge on any atom is -0.304 e. The Kier molecular flexibility index (Phi) is 4.40. The van der Waals surface area contributed by atoms with Gasteiger partial charge in [-0.25, -0.2) is 4.98 Å². The standard InChI is InChI=1S/C16H24N4S/c1-4-9-17-15(12-10-20(3)19-11(12)2)16-18-13-7-5-6-8-14(13)21-16/h10,15,17H,4-9H2,1-3H3. The van der Waals surface area contributed by atoms with E-state index in [1.807, 2.05) is 23.1 Å². The van der Waals surface area contributed by atoms with Gasteiger partial charge in [0.25, 0.3) is 0 Å². The number of nitrogens with one attached hydrogen (secondary N) is 1. The molecule has 2 aromatic heterocycles. The van der Waals surface area contributed by atoms with E-state index in [1.54, 1.807) is 0 Å². The Bertz CT molecular complexity index is 590. The van der Waals surface area contributed by atoms with Gasteiger partial charge in [-0.05, 0) is 45.6 Å². The van der Waals surface area contributed by atoms with E-state index in [0.717, 1.165) is 25.1 Å². The van der Waals surface area contributed by atoms with E-state index < -0.39 is 0 Å². The van der Waals surface area contributed by atoms with Gasteiger partial charge in [-0.2, -0.15) is 5.10 Å². The summed E-state index contributed by atoms with van der Waals surface area (Å²) >= 11 is 1.90. The molecule has 1 aliphatic rings. The first-order valence-electron chi connectivity index (χ1n) is 7.91. The number of nitrogens with zero attached hydrogens (tertiary/aromatic N) is 3. The first-order valence-corrected chi connectivity index (χ1v) is 8.72. The Labute approximate surface area is 130 Å². The Morgan fingerprint density at radius 3 is 2.86 bits per heavy atom. The predicted octanol–water partition coefficient (Wildman–Crippen LogP) is 3.15. The van der Waals surface area contributed by atoms with Gasteiger partial charge in [0.15, 0.2) is 0 Å². The smallest absolute Gasteiger partial charge is 0.115 e. The maximum Gasteiger partial charge on any atom is 0.115 e. The third-order valence-electron chi connectivity index (χ3n) is 4.07. The van der Waals surface area contributed by atoms with Crippen molar-refractivity contribution < 1.29 is 0 Å². The van der Waals surface area contributed by atoms with Gasteiger partial charge < -0.3 is 5.32 Å². The number of rotatable bonds is 5. The fraction of sp³-hybridized carbons (Fsp3) is 0.625. The van der Waals surface area contributed by atoms with Gasteiger partial charge in [0.1, 0.15) is 5.01 Å². The molecule has 21 heavy (non-hydrogen) atoms. The Hall–Kier alpha value is -1.20. The van der Waals surface area contributed by atoms with E-state index >= 15 is 0 Å². The van der Waals surface area contributed by atoms with Crippen LogP contribution in [0.2, 0.25) is 0 Å². The van der Waals surface area contributed by atoms with Gasteiger partial charge in [-0.1, -0.05) is 6.92 Å².